The molecule has 1 heterocycles. The number of sulfonamides is 1. The molecular weight excluding hydrogens is 422 g/mol. The summed E-state index contributed by atoms with van der Waals surface area (Å²) in [6.07, 6.45) is 2.07. The van der Waals surface area contributed by atoms with E-state index in [1.165, 1.54) is 0 Å². The fraction of sp³-hybridized carbons (Fsp3) is 0.286. The van der Waals surface area contributed by atoms with Gasteiger partial charge in [-0.25, -0.2) is 13.1 Å². The molecule has 21 heavy (non-hydrogen) atoms. The van der Waals surface area contributed by atoms with Crippen LogP contribution in [-0.2, 0) is 16.4 Å². The van der Waals surface area contributed by atoms with Gasteiger partial charge in [0, 0.05) is 21.4 Å². The lowest BCUT2D eigenvalue weighted by Gasteiger charge is -2.15. The molecule has 0 aliphatic heterocycles. The minimum atomic E-state index is -3.60. The second-order valence-electron chi connectivity index (χ2n) is 4.84. The van der Waals surface area contributed by atoms with E-state index in [0.29, 0.717) is 10.9 Å². The molecule has 0 amide bonds. The maximum Gasteiger partial charge on any atom is 0.241 e. The molecule has 1 unspecified atom stereocenters. The van der Waals surface area contributed by atoms with Crippen LogP contribution in [0.15, 0.2) is 48.8 Å². The van der Waals surface area contributed by atoms with Gasteiger partial charge in [-0.2, -0.15) is 0 Å². The highest BCUT2D eigenvalue weighted by Gasteiger charge is 2.21. The van der Waals surface area contributed by atoms with Crippen LogP contribution in [0.25, 0.3) is 0 Å². The summed E-state index contributed by atoms with van der Waals surface area (Å²) < 4.78 is 34.1. The fourth-order valence-corrected chi connectivity index (χ4v) is 4.86. The average molecular weight is 437 g/mol. The lowest BCUT2D eigenvalue weighted by molar-refractivity contribution is 0.479. The smallest absolute Gasteiger partial charge is 0.241 e. The van der Waals surface area contributed by atoms with Gasteiger partial charge in [0.1, 0.15) is 5.76 Å². The van der Waals surface area contributed by atoms with Gasteiger partial charge in [0.25, 0.3) is 0 Å². The number of aryl methyl sites for hydroxylation is 1. The van der Waals surface area contributed by atoms with Gasteiger partial charge in [-0.15, -0.1) is 0 Å². The molecule has 0 fully saturated rings. The molecule has 0 bridgehead atoms. The van der Waals surface area contributed by atoms with Gasteiger partial charge in [0.15, 0.2) is 0 Å². The van der Waals surface area contributed by atoms with Gasteiger partial charge >= 0.3 is 0 Å². The molecule has 0 aliphatic rings. The van der Waals surface area contributed by atoms with Crippen molar-refractivity contribution in [1.82, 2.24) is 4.72 Å². The van der Waals surface area contributed by atoms with E-state index in [1.54, 1.807) is 31.4 Å². The Morgan fingerprint density at radius 1 is 1.29 bits per heavy atom. The first kappa shape index (κ1) is 16.7. The first-order valence-electron chi connectivity index (χ1n) is 6.30. The summed E-state index contributed by atoms with van der Waals surface area (Å²) in [4.78, 5) is 0.214. The topological polar surface area (TPSA) is 59.3 Å². The Labute approximate surface area is 141 Å². The van der Waals surface area contributed by atoms with Crippen molar-refractivity contribution in [2.75, 3.05) is 0 Å². The zero-order chi connectivity index (χ0) is 15.6. The van der Waals surface area contributed by atoms with Crippen molar-refractivity contribution in [2.24, 2.45) is 0 Å². The van der Waals surface area contributed by atoms with Gasteiger partial charge in [-0.1, -0.05) is 15.9 Å². The van der Waals surface area contributed by atoms with Crippen molar-refractivity contribution in [3.8, 4) is 0 Å². The Balaban J connectivity index is 2.20. The molecule has 0 saturated heterocycles. The van der Waals surface area contributed by atoms with E-state index >= 15 is 0 Å². The molecule has 2 aromatic rings. The molecule has 1 atom stereocenters. The van der Waals surface area contributed by atoms with E-state index in [2.05, 4.69) is 36.6 Å². The number of hydrogen-bond donors (Lipinski definition) is 1. The number of rotatable bonds is 5. The van der Waals surface area contributed by atoms with Crippen molar-refractivity contribution in [2.45, 2.75) is 31.2 Å². The van der Waals surface area contributed by atoms with Crippen molar-refractivity contribution in [1.29, 1.82) is 0 Å². The molecular formula is C14H15Br2NO3S. The maximum absolute atomic E-state index is 12.5. The Bertz CT molecular complexity index is 727. The summed E-state index contributed by atoms with van der Waals surface area (Å²) in [5.41, 5.74) is 0.962. The summed E-state index contributed by atoms with van der Waals surface area (Å²) in [7, 11) is -3.60. The van der Waals surface area contributed by atoms with Crippen LogP contribution in [0.5, 0.6) is 0 Å². The highest BCUT2D eigenvalue weighted by molar-refractivity contribution is 9.11. The molecule has 0 spiro atoms. The van der Waals surface area contributed by atoms with Gasteiger partial charge in [0.2, 0.25) is 10.0 Å². The van der Waals surface area contributed by atoms with Crippen molar-refractivity contribution < 1.29 is 12.8 Å². The molecule has 2 rings (SSSR count). The minimum absolute atomic E-state index is 0.214. The Hall–Kier alpha value is -0.630. The zero-order valence-electron chi connectivity index (χ0n) is 11.6. The first-order chi connectivity index (χ1) is 9.79. The van der Waals surface area contributed by atoms with Crippen LogP contribution in [0.2, 0.25) is 0 Å². The Kier molecular flexibility index (Phi) is 5.29. The third kappa shape index (κ3) is 4.18. The third-order valence-electron chi connectivity index (χ3n) is 2.95. The molecule has 1 aromatic carbocycles. The highest BCUT2D eigenvalue weighted by atomic mass is 79.9. The van der Waals surface area contributed by atoms with E-state index in [4.69, 9.17) is 4.42 Å². The molecule has 1 aromatic heterocycles. The monoisotopic (exact) mass is 435 g/mol. The van der Waals surface area contributed by atoms with Crippen LogP contribution in [-0.4, -0.2) is 14.5 Å². The molecule has 0 saturated carbocycles. The van der Waals surface area contributed by atoms with Crippen LogP contribution in [0.4, 0.5) is 0 Å². The number of furan rings is 1. The normalized spacial score (nSPS) is 13.3. The quantitative estimate of drug-likeness (QED) is 0.769. The number of halogens is 2. The predicted octanol–water partition coefficient (Wildman–Crippen LogP) is 4.02. The van der Waals surface area contributed by atoms with E-state index in [1.807, 2.05) is 13.0 Å². The van der Waals surface area contributed by atoms with Crippen molar-refractivity contribution in [3.63, 3.8) is 0 Å². The molecule has 0 aliphatic carbocycles. The van der Waals surface area contributed by atoms with Crippen LogP contribution in [0.1, 0.15) is 18.2 Å². The van der Waals surface area contributed by atoms with E-state index in [9.17, 15) is 8.42 Å². The van der Waals surface area contributed by atoms with E-state index in [0.717, 1.165) is 15.8 Å². The largest absolute Gasteiger partial charge is 0.469 e. The molecule has 0 radical (unpaired) electrons. The van der Waals surface area contributed by atoms with Gasteiger partial charge in [-0.05, 0) is 59.6 Å². The second kappa shape index (κ2) is 6.64. The second-order valence-corrected chi connectivity index (χ2v) is 8.23. The lowest BCUT2D eigenvalue weighted by atomic mass is 10.2. The van der Waals surface area contributed by atoms with E-state index in [-0.39, 0.29) is 10.9 Å². The lowest BCUT2D eigenvalue weighted by Crippen LogP contribution is -2.34. The van der Waals surface area contributed by atoms with Crippen LogP contribution < -0.4 is 4.72 Å². The molecule has 1 N–H and O–H groups in total. The summed E-state index contributed by atoms with van der Waals surface area (Å²) >= 11 is 6.67. The fourth-order valence-electron chi connectivity index (χ4n) is 1.93. The number of nitrogens with one attached hydrogen (secondary N) is 1. The zero-order valence-corrected chi connectivity index (χ0v) is 15.5. The van der Waals surface area contributed by atoms with Crippen LogP contribution in [0.3, 0.4) is 0 Å². The summed E-state index contributed by atoms with van der Waals surface area (Å²) in [6, 6.07) is 6.71. The Morgan fingerprint density at radius 2 is 2.00 bits per heavy atom. The van der Waals surface area contributed by atoms with Gasteiger partial charge in [-0.3, -0.25) is 0 Å². The Morgan fingerprint density at radius 3 is 2.62 bits per heavy atom. The van der Waals surface area contributed by atoms with Crippen LogP contribution >= 0.6 is 31.9 Å². The summed E-state index contributed by atoms with van der Waals surface area (Å²) in [5, 5.41) is 0. The maximum atomic E-state index is 12.5. The summed E-state index contributed by atoms with van der Waals surface area (Å²) in [5.74, 6) is 0.745. The SMILES string of the molecule is Cc1cc(Br)c(S(=O)(=O)NC(C)Cc2ccco2)cc1Br. The van der Waals surface area contributed by atoms with Gasteiger partial charge in [0.05, 0.1) is 11.2 Å². The van der Waals surface area contributed by atoms with Crippen molar-refractivity contribution >= 4 is 41.9 Å². The molecule has 114 valence electrons. The van der Waals surface area contributed by atoms with E-state index < -0.39 is 10.0 Å². The summed E-state index contributed by atoms with van der Waals surface area (Å²) in [6.45, 7) is 3.70. The third-order valence-corrected chi connectivity index (χ3v) is 6.35. The standard InChI is InChI=1S/C14H15Br2NO3S/c1-9-6-13(16)14(8-12(9)15)21(18,19)17-10(2)7-11-4-3-5-20-11/h3-6,8,10,17H,7H2,1-2H3. The average Bonchev–Trinajstić information content (AvgIpc) is 2.85. The highest BCUT2D eigenvalue weighted by Crippen LogP contribution is 2.29. The predicted molar refractivity (Wildman–Crippen MR) is 88.8 cm³/mol. The molecule has 4 nitrogen and oxygen atoms in total. The van der Waals surface area contributed by atoms with Gasteiger partial charge < -0.3 is 4.42 Å². The van der Waals surface area contributed by atoms with Crippen molar-refractivity contribution in [3.05, 3.63) is 50.8 Å². The van der Waals surface area contributed by atoms with Crippen LogP contribution in [0, 0.1) is 6.92 Å². The number of hydrogen-bond acceptors (Lipinski definition) is 3. The minimum Gasteiger partial charge on any atom is -0.469 e. The first-order valence-corrected chi connectivity index (χ1v) is 9.37. The molecule has 7 heteroatoms. The number of benzene rings is 1.